The van der Waals surface area contributed by atoms with Gasteiger partial charge in [0, 0.05) is 13.1 Å². The second-order valence-corrected chi connectivity index (χ2v) is 5.18. The van der Waals surface area contributed by atoms with E-state index in [-0.39, 0.29) is 0 Å². The summed E-state index contributed by atoms with van der Waals surface area (Å²) in [7, 11) is 0. The number of hydrogen-bond acceptors (Lipinski definition) is 3. The molecule has 0 aromatic heterocycles. The van der Waals surface area contributed by atoms with Crippen LogP contribution in [0.2, 0.25) is 0 Å². The van der Waals surface area contributed by atoms with Crippen LogP contribution in [0.5, 0.6) is 0 Å². The minimum atomic E-state index is -0.853. The van der Waals surface area contributed by atoms with E-state index in [2.05, 4.69) is 5.32 Å². The Bertz CT molecular complexity index is 390. The molecule has 0 amide bonds. The van der Waals surface area contributed by atoms with Crippen LogP contribution in [-0.4, -0.2) is 34.9 Å². The molecule has 0 aliphatic heterocycles. The summed E-state index contributed by atoms with van der Waals surface area (Å²) in [6.45, 7) is 4.50. The van der Waals surface area contributed by atoms with E-state index in [0.29, 0.717) is 19.5 Å². The molecule has 4 nitrogen and oxygen atoms in total. The maximum absolute atomic E-state index is 11.3. The zero-order valence-corrected chi connectivity index (χ0v) is 11.6. The highest BCUT2D eigenvalue weighted by atomic mass is 16.4. The van der Waals surface area contributed by atoms with Gasteiger partial charge in [0.15, 0.2) is 0 Å². The van der Waals surface area contributed by atoms with Crippen LogP contribution in [0.3, 0.4) is 0 Å². The van der Waals surface area contributed by atoms with E-state index in [9.17, 15) is 15.0 Å². The predicted molar refractivity (Wildman–Crippen MR) is 75.2 cm³/mol. The van der Waals surface area contributed by atoms with E-state index in [1.54, 1.807) is 6.92 Å². The molecule has 2 atom stereocenters. The van der Waals surface area contributed by atoms with Crippen LogP contribution in [0, 0.1) is 0 Å². The zero-order chi connectivity index (χ0) is 14.3. The van der Waals surface area contributed by atoms with Gasteiger partial charge < -0.3 is 15.5 Å². The smallest absolute Gasteiger partial charge is 0.312 e. The lowest BCUT2D eigenvalue weighted by molar-refractivity contribution is -0.138. The predicted octanol–water partition coefficient (Wildman–Crippen LogP) is 2.00. The fraction of sp³-hybridized carbons (Fsp3) is 0.533. The van der Waals surface area contributed by atoms with Crippen molar-refractivity contribution in [1.82, 2.24) is 5.32 Å². The van der Waals surface area contributed by atoms with Crippen LogP contribution in [0.25, 0.3) is 0 Å². The van der Waals surface area contributed by atoms with Crippen molar-refractivity contribution in [2.75, 3.05) is 13.1 Å². The number of aliphatic carboxylic acids is 1. The fourth-order valence-electron chi connectivity index (χ4n) is 2.15. The second-order valence-electron chi connectivity index (χ2n) is 5.18. The van der Waals surface area contributed by atoms with Crippen LogP contribution in [0.1, 0.15) is 38.2 Å². The van der Waals surface area contributed by atoms with Gasteiger partial charge in [0.25, 0.3) is 0 Å². The van der Waals surface area contributed by atoms with Gasteiger partial charge in [-0.1, -0.05) is 43.7 Å². The lowest BCUT2D eigenvalue weighted by atomic mass is 9.97. The summed E-state index contributed by atoms with van der Waals surface area (Å²) >= 11 is 0. The van der Waals surface area contributed by atoms with E-state index < -0.39 is 17.5 Å². The molecule has 0 saturated heterocycles. The SMILES string of the molecule is CCCC(C)(O)CNCC(C(=O)O)c1ccccc1. The average molecular weight is 265 g/mol. The van der Waals surface area contributed by atoms with Crippen LogP contribution >= 0.6 is 0 Å². The Morgan fingerprint density at radius 2 is 2.00 bits per heavy atom. The summed E-state index contributed by atoms with van der Waals surface area (Å²) in [6.07, 6.45) is 1.60. The number of hydrogen-bond donors (Lipinski definition) is 3. The van der Waals surface area contributed by atoms with Crippen LogP contribution in [0.4, 0.5) is 0 Å². The lowest BCUT2D eigenvalue weighted by Crippen LogP contribution is -2.40. The van der Waals surface area contributed by atoms with E-state index in [0.717, 1.165) is 12.0 Å². The van der Waals surface area contributed by atoms with Gasteiger partial charge >= 0.3 is 5.97 Å². The Hall–Kier alpha value is -1.39. The average Bonchev–Trinajstić information content (AvgIpc) is 2.35. The first-order valence-electron chi connectivity index (χ1n) is 6.67. The van der Waals surface area contributed by atoms with E-state index >= 15 is 0 Å². The summed E-state index contributed by atoms with van der Waals surface area (Å²) in [5.41, 5.74) is -0.00766. The van der Waals surface area contributed by atoms with Crippen LogP contribution in [0.15, 0.2) is 30.3 Å². The minimum absolute atomic E-state index is 0.319. The highest BCUT2D eigenvalue weighted by Crippen LogP contribution is 2.16. The number of aliphatic hydroxyl groups is 1. The summed E-state index contributed by atoms with van der Waals surface area (Å²) in [6, 6.07) is 9.15. The van der Waals surface area contributed by atoms with Crippen molar-refractivity contribution in [2.45, 2.75) is 38.2 Å². The molecule has 106 valence electrons. The molecule has 0 aliphatic carbocycles. The number of carboxylic acids is 1. The maximum atomic E-state index is 11.3. The van der Waals surface area contributed by atoms with Crippen LogP contribution in [-0.2, 0) is 4.79 Å². The maximum Gasteiger partial charge on any atom is 0.312 e. The molecule has 19 heavy (non-hydrogen) atoms. The van der Waals surface area contributed by atoms with Crippen molar-refractivity contribution in [3.8, 4) is 0 Å². The first-order chi connectivity index (χ1) is 8.96. The third kappa shape index (κ3) is 5.41. The Labute approximate surface area is 114 Å². The molecule has 1 aromatic carbocycles. The third-order valence-corrected chi connectivity index (χ3v) is 3.14. The van der Waals surface area contributed by atoms with Gasteiger partial charge in [-0.25, -0.2) is 0 Å². The molecule has 1 rings (SSSR count). The lowest BCUT2D eigenvalue weighted by Gasteiger charge is -2.24. The number of benzene rings is 1. The van der Waals surface area contributed by atoms with Crippen molar-refractivity contribution in [3.05, 3.63) is 35.9 Å². The normalized spacial score (nSPS) is 15.7. The Kier molecular flexibility index (Phi) is 5.99. The molecule has 0 heterocycles. The molecular weight excluding hydrogens is 242 g/mol. The van der Waals surface area contributed by atoms with E-state index in [1.165, 1.54) is 0 Å². The number of nitrogens with one attached hydrogen (secondary N) is 1. The number of carboxylic acid groups (broad SMARTS) is 1. The summed E-state index contributed by atoms with van der Waals surface area (Å²) in [4.78, 5) is 11.3. The van der Waals surface area contributed by atoms with Crippen molar-refractivity contribution >= 4 is 5.97 Å². The molecule has 0 saturated carbocycles. The topological polar surface area (TPSA) is 69.6 Å². The molecule has 3 N–H and O–H groups in total. The quantitative estimate of drug-likeness (QED) is 0.672. The van der Waals surface area contributed by atoms with Gasteiger partial charge in [-0.3, -0.25) is 4.79 Å². The zero-order valence-electron chi connectivity index (χ0n) is 11.6. The fourth-order valence-corrected chi connectivity index (χ4v) is 2.15. The van der Waals surface area contributed by atoms with Crippen molar-refractivity contribution < 1.29 is 15.0 Å². The monoisotopic (exact) mass is 265 g/mol. The van der Waals surface area contributed by atoms with Crippen molar-refractivity contribution in [1.29, 1.82) is 0 Å². The van der Waals surface area contributed by atoms with Crippen LogP contribution < -0.4 is 5.32 Å². The Balaban J connectivity index is 2.55. The largest absolute Gasteiger partial charge is 0.481 e. The van der Waals surface area contributed by atoms with Crippen molar-refractivity contribution in [2.24, 2.45) is 0 Å². The first kappa shape index (κ1) is 15.7. The van der Waals surface area contributed by atoms with E-state index in [4.69, 9.17) is 0 Å². The van der Waals surface area contributed by atoms with Gasteiger partial charge in [0.2, 0.25) is 0 Å². The first-order valence-corrected chi connectivity index (χ1v) is 6.67. The Morgan fingerprint density at radius 1 is 1.37 bits per heavy atom. The molecule has 0 radical (unpaired) electrons. The van der Waals surface area contributed by atoms with Gasteiger partial charge in [0.05, 0.1) is 11.5 Å². The highest BCUT2D eigenvalue weighted by Gasteiger charge is 2.22. The molecule has 2 unspecified atom stereocenters. The van der Waals surface area contributed by atoms with Gasteiger partial charge in [-0.15, -0.1) is 0 Å². The van der Waals surface area contributed by atoms with Gasteiger partial charge in [0.1, 0.15) is 0 Å². The standard InChI is InChI=1S/C15H23NO3/c1-3-9-15(2,19)11-16-10-13(14(17)18)12-7-5-4-6-8-12/h4-8,13,16,19H,3,9-11H2,1-2H3,(H,17,18). The number of carbonyl (C=O) groups is 1. The molecule has 0 bridgehead atoms. The van der Waals surface area contributed by atoms with Gasteiger partial charge in [-0.05, 0) is 18.9 Å². The molecule has 0 fully saturated rings. The number of rotatable bonds is 8. The highest BCUT2D eigenvalue weighted by molar-refractivity contribution is 5.76. The Morgan fingerprint density at radius 3 is 2.53 bits per heavy atom. The summed E-state index contributed by atoms with van der Waals surface area (Å²) in [5, 5.41) is 22.3. The molecule has 1 aromatic rings. The van der Waals surface area contributed by atoms with Crippen molar-refractivity contribution in [3.63, 3.8) is 0 Å². The second kappa shape index (κ2) is 7.26. The summed E-state index contributed by atoms with van der Waals surface area (Å²) < 4.78 is 0. The minimum Gasteiger partial charge on any atom is -0.481 e. The molecule has 0 aliphatic rings. The van der Waals surface area contributed by atoms with Gasteiger partial charge in [-0.2, -0.15) is 0 Å². The molecule has 4 heteroatoms. The third-order valence-electron chi connectivity index (χ3n) is 3.14. The molecule has 0 spiro atoms. The summed E-state index contributed by atoms with van der Waals surface area (Å²) in [5.74, 6) is -1.44. The van der Waals surface area contributed by atoms with E-state index in [1.807, 2.05) is 37.3 Å². The molecular formula is C15H23NO3.